The molecule has 3 saturated heterocycles. The van der Waals surface area contributed by atoms with Crippen LogP contribution in [0.15, 0.2) is 11.6 Å². The molecule has 0 radical (unpaired) electrons. The molecule has 0 aromatic rings. The second-order valence-corrected chi connectivity index (χ2v) is 22.9. The maximum atomic E-state index is 12.7. The second-order valence-electron chi connectivity index (χ2n) is 22.9. The third kappa shape index (κ3) is 8.90. The lowest BCUT2D eigenvalue weighted by Crippen LogP contribution is -2.67. The Morgan fingerprint density at radius 3 is 1.74 bits per heavy atom. The van der Waals surface area contributed by atoms with Crippen LogP contribution in [-0.4, -0.2) is 191 Å². The molecule has 10 unspecified atom stereocenters. The summed E-state index contributed by atoms with van der Waals surface area (Å²) in [5.74, 6) is -0.128. The Hall–Kier alpha value is -0.980. The first-order valence-electron chi connectivity index (χ1n) is 24.4. The van der Waals surface area contributed by atoms with Crippen LogP contribution in [0.25, 0.3) is 0 Å². The van der Waals surface area contributed by atoms with Gasteiger partial charge in [0.2, 0.25) is 0 Å². The van der Waals surface area contributed by atoms with Gasteiger partial charge in [0, 0.05) is 0 Å². The van der Waals surface area contributed by atoms with Gasteiger partial charge in [0.25, 0.3) is 0 Å². The van der Waals surface area contributed by atoms with Crippen LogP contribution in [0.3, 0.4) is 0 Å². The highest BCUT2D eigenvalue weighted by atomic mass is 16.7. The molecule has 0 spiro atoms. The molecule has 3 heterocycles. The number of hydrogen-bond acceptors (Lipinski definition) is 18. The van der Waals surface area contributed by atoms with Crippen molar-refractivity contribution in [3.63, 3.8) is 0 Å². The Kier molecular flexibility index (Phi) is 15.7. The molecule has 0 aromatic heterocycles. The van der Waals surface area contributed by atoms with Gasteiger partial charge in [-0.2, -0.15) is 0 Å². The minimum absolute atomic E-state index is 0.133. The van der Waals surface area contributed by atoms with Gasteiger partial charge < -0.3 is 89.7 Å². The van der Waals surface area contributed by atoms with E-state index in [0.29, 0.717) is 32.1 Å². The second kappa shape index (κ2) is 19.6. The number of allylic oxidation sites excluding steroid dienone is 2. The molecule has 66 heavy (non-hydrogen) atoms. The van der Waals surface area contributed by atoms with Gasteiger partial charge in [0.1, 0.15) is 73.2 Å². The molecular weight excluding hydrogens is 865 g/mol. The van der Waals surface area contributed by atoms with Crippen LogP contribution in [0.1, 0.15) is 113 Å². The molecule has 12 N–H and O–H groups in total. The predicted octanol–water partition coefficient (Wildman–Crippen LogP) is -0.0268. The van der Waals surface area contributed by atoms with Gasteiger partial charge in [-0.1, -0.05) is 46.3 Å². The molecule has 25 atom stereocenters. The number of fused-ring (bicyclic) bond motifs is 5. The molecule has 4 saturated carbocycles. The summed E-state index contributed by atoms with van der Waals surface area (Å²) in [7, 11) is 0. The Labute approximate surface area is 388 Å². The van der Waals surface area contributed by atoms with Crippen molar-refractivity contribution < 1.29 is 89.7 Å². The van der Waals surface area contributed by atoms with Crippen LogP contribution < -0.4 is 0 Å². The summed E-state index contributed by atoms with van der Waals surface area (Å²) >= 11 is 0. The zero-order valence-electron chi connectivity index (χ0n) is 40.0. The van der Waals surface area contributed by atoms with Crippen molar-refractivity contribution in [2.45, 2.75) is 223 Å². The van der Waals surface area contributed by atoms with Gasteiger partial charge in [-0.15, -0.1) is 0 Å². The lowest BCUT2D eigenvalue weighted by molar-refractivity contribution is -0.350. The fourth-order valence-electron chi connectivity index (χ4n) is 14.8. The standard InChI is InChI=1S/C48H82O18/c1-22(2)10-9-14-48(8,66-43-40(60)37(57)34(54)27(64-43)21-61-41-38(58)35(55)32(52)25(19-49)62-41)23-11-16-47(7)31(23)24(51)18-29-45(5)15-13-30(44(3,4)28(45)12-17-46(29,47)6)65-42-39(59)36(56)33(53)26(20-50)63-42/h10,23-43,49-60H,9,11-21H2,1-8H3/t23?,24?,25-,26-,27-,28?,29?,30?,31?,32-,33-,34-,35+,36+,37+,38-,39-,40-,41-,42+,43+,45?,46?,47?,48?/m1/s1. The van der Waals surface area contributed by atoms with Crippen molar-refractivity contribution >= 4 is 0 Å². The highest BCUT2D eigenvalue weighted by Gasteiger charge is 2.72. The fourth-order valence-corrected chi connectivity index (χ4v) is 14.8. The van der Waals surface area contributed by atoms with E-state index < -0.39 is 129 Å². The SMILES string of the molecule is CC(C)=CCCC(C)(O[C@@H]1O[C@H](CO[C@@H]2O[C@H](CO)[C@@H](O)[C@H](O)[C@H]2O)[C@@H](O)[C@H](O)[C@H]1O)C1CCC2(C)C1C(O)CC1C3(C)CCC(O[C@@H]4O[C@H](CO)[C@@H](O)[C@H](O)[C@H]4O)C(C)(C)C3CCC12C. The lowest BCUT2D eigenvalue weighted by atomic mass is 9.35. The maximum absolute atomic E-state index is 12.7. The van der Waals surface area contributed by atoms with E-state index in [1.165, 1.54) is 0 Å². The number of rotatable bonds is 13. The largest absolute Gasteiger partial charge is 0.394 e. The van der Waals surface area contributed by atoms with Crippen LogP contribution in [0.2, 0.25) is 0 Å². The Morgan fingerprint density at radius 1 is 0.621 bits per heavy atom. The predicted molar refractivity (Wildman–Crippen MR) is 234 cm³/mol. The number of ether oxygens (including phenoxy) is 6. The Morgan fingerprint density at radius 2 is 1.15 bits per heavy atom. The van der Waals surface area contributed by atoms with Gasteiger partial charge in [0.15, 0.2) is 18.9 Å². The molecule has 4 aliphatic carbocycles. The van der Waals surface area contributed by atoms with Gasteiger partial charge >= 0.3 is 0 Å². The fraction of sp³-hybridized carbons (Fsp3) is 0.958. The highest BCUT2D eigenvalue weighted by Crippen LogP contribution is 2.76. The van der Waals surface area contributed by atoms with Crippen molar-refractivity contribution in [3.05, 3.63) is 11.6 Å². The quantitative estimate of drug-likeness (QED) is 0.0853. The third-order valence-electron chi connectivity index (χ3n) is 18.8. The molecule has 7 aliphatic rings. The van der Waals surface area contributed by atoms with Crippen molar-refractivity contribution in [3.8, 4) is 0 Å². The Bertz CT molecular complexity index is 1680. The summed E-state index contributed by atoms with van der Waals surface area (Å²) in [6, 6.07) is 0. The van der Waals surface area contributed by atoms with Gasteiger partial charge in [-0.3, -0.25) is 0 Å². The average Bonchev–Trinajstić information content (AvgIpc) is 3.65. The van der Waals surface area contributed by atoms with E-state index in [1.807, 2.05) is 20.8 Å². The molecule has 7 fully saturated rings. The first-order valence-corrected chi connectivity index (χ1v) is 24.4. The maximum Gasteiger partial charge on any atom is 0.187 e. The van der Waals surface area contributed by atoms with E-state index in [0.717, 1.165) is 31.3 Å². The summed E-state index contributed by atoms with van der Waals surface area (Å²) in [6.45, 7) is 15.8. The Balaban J connectivity index is 1.11. The zero-order chi connectivity index (χ0) is 48.6. The number of aliphatic hydroxyl groups is 12. The van der Waals surface area contributed by atoms with E-state index in [4.69, 9.17) is 28.4 Å². The van der Waals surface area contributed by atoms with E-state index in [-0.39, 0.29) is 46.0 Å². The highest BCUT2D eigenvalue weighted by molar-refractivity contribution is 5.20. The normalized spacial score (nSPS) is 52.4. The summed E-state index contributed by atoms with van der Waals surface area (Å²) < 4.78 is 36.6. The summed E-state index contributed by atoms with van der Waals surface area (Å²) in [4.78, 5) is 0. The van der Waals surface area contributed by atoms with Crippen LogP contribution in [0.4, 0.5) is 0 Å². The molecule has 382 valence electrons. The molecule has 18 nitrogen and oxygen atoms in total. The van der Waals surface area contributed by atoms with Gasteiger partial charge in [-0.25, -0.2) is 0 Å². The minimum Gasteiger partial charge on any atom is -0.394 e. The van der Waals surface area contributed by atoms with Crippen LogP contribution >= 0.6 is 0 Å². The van der Waals surface area contributed by atoms with Crippen LogP contribution in [0.5, 0.6) is 0 Å². The van der Waals surface area contributed by atoms with Gasteiger partial charge in [-0.05, 0) is 124 Å². The summed E-state index contributed by atoms with van der Waals surface area (Å²) in [6.07, 6.45) is -14.9. The van der Waals surface area contributed by atoms with Crippen LogP contribution in [0, 0.1) is 45.3 Å². The average molecular weight is 947 g/mol. The first-order chi connectivity index (χ1) is 30.8. The zero-order valence-corrected chi connectivity index (χ0v) is 40.0. The topological polar surface area (TPSA) is 298 Å². The minimum atomic E-state index is -1.72. The molecule has 0 amide bonds. The molecule has 0 bridgehead atoms. The molecule has 7 rings (SSSR count). The molecule has 0 aromatic carbocycles. The van der Waals surface area contributed by atoms with E-state index in [9.17, 15) is 61.3 Å². The number of aliphatic hydroxyl groups excluding tert-OH is 12. The van der Waals surface area contributed by atoms with Crippen molar-refractivity contribution in [1.82, 2.24) is 0 Å². The van der Waals surface area contributed by atoms with Crippen molar-refractivity contribution in [1.29, 1.82) is 0 Å². The van der Waals surface area contributed by atoms with E-state index in [2.05, 4.69) is 40.7 Å². The van der Waals surface area contributed by atoms with Crippen molar-refractivity contribution in [2.75, 3.05) is 19.8 Å². The smallest absolute Gasteiger partial charge is 0.187 e. The first kappa shape index (κ1) is 52.8. The molecule has 18 heteroatoms. The molecule has 3 aliphatic heterocycles. The van der Waals surface area contributed by atoms with Gasteiger partial charge in [0.05, 0.1) is 37.6 Å². The monoisotopic (exact) mass is 947 g/mol. The van der Waals surface area contributed by atoms with E-state index >= 15 is 0 Å². The third-order valence-corrected chi connectivity index (χ3v) is 18.8. The van der Waals surface area contributed by atoms with Crippen LogP contribution in [-0.2, 0) is 28.4 Å². The number of hydrogen-bond donors (Lipinski definition) is 12. The summed E-state index contributed by atoms with van der Waals surface area (Å²) in [5.41, 5.74) is -1.06. The molecular formula is C48H82O18. The van der Waals surface area contributed by atoms with Crippen molar-refractivity contribution in [2.24, 2.45) is 45.3 Å². The summed E-state index contributed by atoms with van der Waals surface area (Å²) in [5, 5.41) is 129. The van der Waals surface area contributed by atoms with E-state index in [1.54, 1.807) is 0 Å². The lowest BCUT2D eigenvalue weighted by Gasteiger charge is -2.71.